The zero-order chi connectivity index (χ0) is 20.9. The van der Waals surface area contributed by atoms with Gasteiger partial charge in [-0.15, -0.1) is 0 Å². The van der Waals surface area contributed by atoms with E-state index < -0.39 is 11.7 Å². The molecule has 0 spiro atoms. The molecule has 0 bridgehead atoms. The van der Waals surface area contributed by atoms with Crippen LogP contribution in [0.15, 0.2) is 53.7 Å². The van der Waals surface area contributed by atoms with Crippen LogP contribution in [0.3, 0.4) is 0 Å². The normalized spacial score (nSPS) is 15.0. The quantitative estimate of drug-likeness (QED) is 0.437. The third kappa shape index (κ3) is 5.82. The third-order valence-electron chi connectivity index (χ3n) is 4.93. The Morgan fingerprint density at radius 1 is 1.07 bits per heavy atom. The Morgan fingerprint density at radius 2 is 1.72 bits per heavy atom. The van der Waals surface area contributed by atoms with Crippen LogP contribution in [-0.4, -0.2) is 18.1 Å². The van der Waals surface area contributed by atoms with Gasteiger partial charge in [-0.3, -0.25) is 4.79 Å². The summed E-state index contributed by atoms with van der Waals surface area (Å²) >= 11 is 0. The number of carbonyl (C=O) groups excluding carboxylic acids is 1. The van der Waals surface area contributed by atoms with Gasteiger partial charge in [0, 0.05) is 5.92 Å². The van der Waals surface area contributed by atoms with Crippen molar-refractivity contribution in [2.75, 3.05) is 6.61 Å². The molecule has 0 amide bonds. The van der Waals surface area contributed by atoms with Crippen LogP contribution in [0.5, 0.6) is 5.75 Å². The summed E-state index contributed by atoms with van der Waals surface area (Å²) in [7, 11) is 0. The maximum atomic E-state index is 12.6. The van der Waals surface area contributed by atoms with E-state index in [0.717, 1.165) is 37.0 Å². The van der Waals surface area contributed by atoms with Crippen molar-refractivity contribution in [3.05, 3.63) is 65.2 Å². The van der Waals surface area contributed by atoms with Gasteiger partial charge in [-0.1, -0.05) is 23.7 Å². The van der Waals surface area contributed by atoms with Gasteiger partial charge in [-0.2, -0.15) is 13.2 Å². The minimum atomic E-state index is -4.35. The lowest BCUT2D eigenvalue weighted by molar-refractivity contribution is -0.137. The summed E-state index contributed by atoms with van der Waals surface area (Å²) in [6.07, 6.45) is -1.31. The van der Waals surface area contributed by atoms with E-state index in [1.165, 1.54) is 12.1 Å². The Kier molecular flexibility index (Phi) is 6.56. The van der Waals surface area contributed by atoms with E-state index in [1.807, 2.05) is 12.1 Å². The number of halogens is 3. The van der Waals surface area contributed by atoms with Crippen molar-refractivity contribution in [3.63, 3.8) is 0 Å². The second kappa shape index (κ2) is 9.11. The molecule has 0 heterocycles. The maximum Gasteiger partial charge on any atom is 0.416 e. The number of ketones is 1. The number of benzene rings is 2. The van der Waals surface area contributed by atoms with E-state index in [1.54, 1.807) is 19.1 Å². The Labute approximate surface area is 167 Å². The van der Waals surface area contributed by atoms with Gasteiger partial charge >= 0.3 is 6.18 Å². The van der Waals surface area contributed by atoms with Gasteiger partial charge in [0.05, 0.1) is 11.3 Å². The molecule has 0 aliphatic heterocycles. The smallest absolute Gasteiger partial charge is 0.416 e. The predicted octanol–water partition coefficient (Wildman–Crippen LogP) is 5.39. The molecule has 2 aromatic rings. The topological polar surface area (TPSA) is 47.9 Å². The summed E-state index contributed by atoms with van der Waals surface area (Å²) < 4.78 is 43.2. The minimum absolute atomic E-state index is 0.0694. The average Bonchev–Trinajstić information content (AvgIpc) is 2.65. The van der Waals surface area contributed by atoms with Gasteiger partial charge in [0.25, 0.3) is 0 Å². The van der Waals surface area contributed by atoms with Crippen LogP contribution < -0.4 is 4.74 Å². The van der Waals surface area contributed by atoms with Crippen molar-refractivity contribution in [2.45, 2.75) is 39.0 Å². The van der Waals surface area contributed by atoms with Crippen LogP contribution in [0.4, 0.5) is 13.2 Å². The third-order valence-corrected chi connectivity index (χ3v) is 4.93. The molecule has 29 heavy (non-hydrogen) atoms. The van der Waals surface area contributed by atoms with E-state index in [2.05, 4.69) is 5.16 Å². The summed E-state index contributed by atoms with van der Waals surface area (Å²) in [5.74, 6) is 0.917. The van der Waals surface area contributed by atoms with E-state index in [4.69, 9.17) is 9.57 Å². The largest absolute Gasteiger partial charge is 0.486 e. The summed E-state index contributed by atoms with van der Waals surface area (Å²) in [6, 6.07) is 11.9. The number of ether oxygens (including phenoxy) is 1. The molecule has 1 saturated carbocycles. The van der Waals surface area contributed by atoms with Gasteiger partial charge in [0.1, 0.15) is 19.0 Å². The van der Waals surface area contributed by atoms with Gasteiger partial charge in [-0.05, 0) is 67.3 Å². The number of nitrogens with zero attached hydrogens (tertiary/aromatic N) is 1. The van der Waals surface area contributed by atoms with Crippen molar-refractivity contribution in [1.82, 2.24) is 0 Å². The first-order valence-corrected chi connectivity index (χ1v) is 9.41. The Bertz CT molecular complexity index is 854. The van der Waals surface area contributed by atoms with Crippen LogP contribution in [0.1, 0.15) is 42.9 Å². The van der Waals surface area contributed by atoms with Crippen molar-refractivity contribution < 1.29 is 27.5 Å². The van der Waals surface area contributed by atoms with Crippen molar-refractivity contribution in [2.24, 2.45) is 11.1 Å². The number of oxime groups is 1. The van der Waals surface area contributed by atoms with Crippen molar-refractivity contribution in [1.29, 1.82) is 0 Å². The highest BCUT2D eigenvalue weighted by atomic mass is 19.4. The van der Waals surface area contributed by atoms with Crippen molar-refractivity contribution >= 4 is 11.5 Å². The number of carbonyl (C=O) groups is 1. The monoisotopic (exact) mass is 405 g/mol. The molecule has 1 fully saturated rings. The van der Waals surface area contributed by atoms with Gasteiger partial charge < -0.3 is 9.57 Å². The predicted molar refractivity (Wildman–Crippen MR) is 103 cm³/mol. The minimum Gasteiger partial charge on any atom is -0.486 e. The van der Waals surface area contributed by atoms with Gasteiger partial charge in [-0.25, -0.2) is 0 Å². The fourth-order valence-corrected chi connectivity index (χ4v) is 2.84. The lowest BCUT2D eigenvalue weighted by Crippen LogP contribution is -2.26. The highest BCUT2D eigenvalue weighted by molar-refractivity contribution is 5.98. The van der Waals surface area contributed by atoms with Crippen LogP contribution in [0.2, 0.25) is 0 Å². The second-order valence-electron chi connectivity index (χ2n) is 7.05. The molecule has 0 unspecified atom stereocenters. The summed E-state index contributed by atoms with van der Waals surface area (Å²) in [4.78, 5) is 17.1. The number of rotatable bonds is 8. The van der Waals surface area contributed by atoms with Gasteiger partial charge in [0.15, 0.2) is 5.78 Å². The highest BCUT2D eigenvalue weighted by Crippen LogP contribution is 2.29. The zero-order valence-corrected chi connectivity index (χ0v) is 16.0. The van der Waals surface area contributed by atoms with E-state index in [0.29, 0.717) is 17.0 Å². The SMILES string of the molecule is CC(=NOCc1ccc(C(F)(F)F)cc1)c1ccc(OCC(=O)C2CCC2)cc1. The summed E-state index contributed by atoms with van der Waals surface area (Å²) in [5, 5.41) is 4.01. The number of hydrogen-bond donors (Lipinski definition) is 0. The first-order valence-electron chi connectivity index (χ1n) is 9.41. The molecule has 2 aromatic carbocycles. The van der Waals surface area contributed by atoms with Crippen LogP contribution in [0.25, 0.3) is 0 Å². The average molecular weight is 405 g/mol. The van der Waals surface area contributed by atoms with Crippen LogP contribution >= 0.6 is 0 Å². The Morgan fingerprint density at radius 3 is 2.28 bits per heavy atom. The first-order chi connectivity index (χ1) is 13.8. The molecule has 154 valence electrons. The number of alkyl halides is 3. The highest BCUT2D eigenvalue weighted by Gasteiger charge is 2.30. The molecule has 1 aliphatic rings. The first kappa shape index (κ1) is 20.9. The summed E-state index contributed by atoms with van der Waals surface area (Å²) in [5.41, 5.74) is 1.33. The molecule has 0 N–H and O–H groups in total. The lowest BCUT2D eigenvalue weighted by Gasteiger charge is -2.23. The molecule has 3 rings (SSSR count). The fourth-order valence-electron chi connectivity index (χ4n) is 2.84. The van der Waals surface area contributed by atoms with Crippen molar-refractivity contribution in [3.8, 4) is 5.75 Å². The van der Waals surface area contributed by atoms with E-state index in [9.17, 15) is 18.0 Å². The van der Waals surface area contributed by atoms with Gasteiger partial charge in [0.2, 0.25) is 0 Å². The molecule has 0 saturated heterocycles. The van der Waals surface area contributed by atoms with Crippen LogP contribution in [-0.2, 0) is 22.4 Å². The second-order valence-corrected chi connectivity index (χ2v) is 7.05. The molecular formula is C22H22F3NO3. The van der Waals surface area contributed by atoms with E-state index in [-0.39, 0.29) is 24.9 Å². The molecule has 0 atom stereocenters. The lowest BCUT2D eigenvalue weighted by atomic mass is 9.82. The molecular weight excluding hydrogens is 383 g/mol. The molecule has 1 aliphatic carbocycles. The molecule has 0 aromatic heterocycles. The van der Waals surface area contributed by atoms with Crippen LogP contribution in [0, 0.1) is 5.92 Å². The number of hydrogen-bond acceptors (Lipinski definition) is 4. The molecule has 0 radical (unpaired) electrons. The Balaban J connectivity index is 1.48. The zero-order valence-electron chi connectivity index (χ0n) is 16.0. The molecule has 4 nitrogen and oxygen atoms in total. The standard InChI is InChI=1S/C22H22F3NO3/c1-15(26-29-13-16-5-9-19(10-6-16)22(23,24)25)17-7-11-20(12-8-17)28-14-21(27)18-3-2-4-18/h5-12,18H,2-4,13-14H2,1H3. The number of Topliss-reactive ketones (excluding diaryl/α,β-unsaturated/α-hetero) is 1. The molecule has 7 heteroatoms. The Hall–Kier alpha value is -2.83. The summed E-state index contributed by atoms with van der Waals surface area (Å²) in [6.45, 7) is 1.93. The fraction of sp³-hybridized carbons (Fsp3) is 0.364. The van der Waals surface area contributed by atoms with E-state index >= 15 is 0 Å². The maximum absolute atomic E-state index is 12.6.